The summed E-state index contributed by atoms with van der Waals surface area (Å²) in [6.07, 6.45) is 2.91. The van der Waals surface area contributed by atoms with Gasteiger partial charge in [-0.2, -0.15) is 28.7 Å². The van der Waals surface area contributed by atoms with Crippen molar-refractivity contribution in [3.05, 3.63) is 156 Å². The smallest absolute Gasteiger partial charge is 0.315 e. The number of carbonyl (C=O) groups excluding carboxylic acids is 2. The van der Waals surface area contributed by atoms with Gasteiger partial charge in [0.15, 0.2) is 0 Å². The number of nitrogens with two attached hydrogens (primary N) is 1. The fraction of sp³-hybridized carbons (Fsp3) is 0.317. The Balaban J connectivity index is 0.000000199. The van der Waals surface area contributed by atoms with Gasteiger partial charge in [-0.25, -0.2) is 34.8 Å². The number of sulfonamides is 3. The highest BCUT2D eigenvalue weighted by molar-refractivity contribution is 7.89. The van der Waals surface area contributed by atoms with Gasteiger partial charge in [0.2, 0.25) is 30.1 Å². The second kappa shape index (κ2) is 34.4. The first-order valence-electron chi connectivity index (χ1n) is 28.3. The third-order valence-corrected chi connectivity index (χ3v) is 21.5. The SMILES string of the molecule is N#Cc1ccc(Oc2cc(Cl)cc(Cl)c2)c(S(=O)(=O)N2CCC(N)CC2)c1.N#Cc1ccc(Oc2cc(Cl)cc(Cl)c2)c(S(=O)(=O)N2CCC(NC(=O)NCCCl)CC2)c1.N#Cc1ccc(Oc2cc(Cl)cc(Cl)c2)c(S(=O)(=O)N2CCC(NC(=O)NCCCl)CC2)c1. The third kappa shape index (κ3) is 21.1. The molecule has 494 valence electrons. The zero-order chi connectivity index (χ0) is 67.6. The molecule has 33 heteroatoms. The van der Waals surface area contributed by atoms with E-state index in [9.17, 15) is 50.6 Å². The Hall–Kier alpha value is -6.26. The molecule has 4 amide bonds. The van der Waals surface area contributed by atoms with Gasteiger partial charge in [0.25, 0.3) is 0 Å². The van der Waals surface area contributed by atoms with Crippen LogP contribution in [0.5, 0.6) is 34.5 Å². The predicted octanol–water partition coefficient (Wildman–Crippen LogP) is 12.5. The van der Waals surface area contributed by atoms with E-state index in [2.05, 4.69) is 21.3 Å². The largest absolute Gasteiger partial charge is 0.456 e. The highest BCUT2D eigenvalue weighted by atomic mass is 35.5. The van der Waals surface area contributed by atoms with Crippen LogP contribution in [0, 0.1) is 34.0 Å². The molecule has 6 N–H and O–H groups in total. The van der Waals surface area contributed by atoms with Crippen molar-refractivity contribution in [2.24, 2.45) is 5.73 Å². The number of nitrogens with one attached hydrogen (secondary N) is 4. The van der Waals surface area contributed by atoms with Crippen molar-refractivity contribution < 1.29 is 49.1 Å². The molecule has 0 spiro atoms. The van der Waals surface area contributed by atoms with Gasteiger partial charge in [0, 0.05) is 112 Å². The maximum Gasteiger partial charge on any atom is 0.315 e. The Morgan fingerprint density at radius 1 is 0.441 bits per heavy atom. The molecular weight excluding hydrogens is 1430 g/mol. The predicted molar refractivity (Wildman–Crippen MR) is 357 cm³/mol. The molecule has 0 unspecified atom stereocenters. The lowest BCUT2D eigenvalue weighted by molar-refractivity contribution is 0.227. The minimum atomic E-state index is -3.99. The van der Waals surface area contributed by atoms with Crippen molar-refractivity contribution in [1.29, 1.82) is 15.8 Å². The molecule has 3 aliphatic rings. The number of ether oxygens (including phenoxy) is 3. The zero-order valence-electron chi connectivity index (χ0n) is 48.9. The van der Waals surface area contributed by atoms with Gasteiger partial charge in [-0.3, -0.25) is 0 Å². The van der Waals surface area contributed by atoms with Gasteiger partial charge in [-0.1, -0.05) is 69.6 Å². The van der Waals surface area contributed by atoms with E-state index in [1.54, 1.807) is 6.07 Å². The van der Waals surface area contributed by atoms with Crippen LogP contribution in [0.2, 0.25) is 30.1 Å². The summed E-state index contributed by atoms with van der Waals surface area (Å²) in [6, 6.07) is 31.1. The summed E-state index contributed by atoms with van der Waals surface area (Å²) in [4.78, 5) is 23.3. The van der Waals surface area contributed by atoms with Crippen LogP contribution in [0.3, 0.4) is 0 Å². The summed E-state index contributed by atoms with van der Waals surface area (Å²) in [5, 5.41) is 40.7. The number of nitrogens with zero attached hydrogens (tertiary/aromatic N) is 6. The standard InChI is InChI=1S/2C21H21Cl3N4O4S.C18H17Cl2N3O3S/c2*22-5-6-26-21(29)27-17-3-7-28(8-4-17)33(30,31)20-9-14(13-25)1-2-19(20)32-18-11-15(23)10-16(24)12-18;19-13-8-14(20)10-16(9-13)26-17-2-1-12(11-21)7-18(17)27(24,25)23-5-3-15(22)4-6-23/h2*1-2,9-12,17H,3-8H2,(H2,26,27,29);1-2,7-10,15H,3-6,22H2. The van der Waals surface area contributed by atoms with E-state index in [0.29, 0.717) is 112 Å². The topological polar surface area (TPSA) is 319 Å². The number of amides is 4. The number of hydrogen-bond donors (Lipinski definition) is 5. The van der Waals surface area contributed by atoms with E-state index in [1.165, 1.54) is 116 Å². The molecular formula is C60H59Cl8N11O11S3. The summed E-state index contributed by atoms with van der Waals surface area (Å²) in [5.41, 5.74) is 6.45. The minimum Gasteiger partial charge on any atom is -0.456 e. The Morgan fingerprint density at radius 3 is 0.946 bits per heavy atom. The molecule has 0 saturated carbocycles. The molecule has 3 aliphatic heterocycles. The van der Waals surface area contributed by atoms with Gasteiger partial charge in [0.1, 0.15) is 49.2 Å². The second-order valence-corrected chi connectivity index (χ2v) is 29.8. The van der Waals surface area contributed by atoms with E-state index in [0.717, 1.165) is 0 Å². The molecule has 6 aromatic rings. The quantitative estimate of drug-likeness (QED) is 0.0499. The number of nitriles is 3. The molecule has 9 rings (SSSR count). The number of rotatable bonds is 18. The Bertz CT molecular complexity index is 3920. The molecule has 0 aliphatic carbocycles. The van der Waals surface area contributed by atoms with Crippen LogP contribution in [0.4, 0.5) is 9.59 Å². The van der Waals surface area contributed by atoms with E-state index in [-0.39, 0.29) is 116 Å². The van der Waals surface area contributed by atoms with Crippen LogP contribution in [0.25, 0.3) is 0 Å². The van der Waals surface area contributed by atoms with Crippen LogP contribution >= 0.6 is 92.8 Å². The molecule has 3 saturated heterocycles. The number of urea groups is 2. The maximum atomic E-state index is 13.4. The van der Waals surface area contributed by atoms with Crippen LogP contribution in [0.15, 0.2) is 124 Å². The second-order valence-electron chi connectivity index (χ2n) is 20.7. The first kappa shape index (κ1) is 74.1. The lowest BCUT2D eigenvalue weighted by atomic mass is 10.1. The molecule has 0 bridgehead atoms. The maximum absolute atomic E-state index is 13.4. The first-order chi connectivity index (χ1) is 44.2. The van der Waals surface area contributed by atoms with Crippen LogP contribution < -0.4 is 41.2 Å². The van der Waals surface area contributed by atoms with Crippen molar-refractivity contribution in [3.63, 3.8) is 0 Å². The summed E-state index contributed by atoms with van der Waals surface area (Å²) < 4.78 is 101. The van der Waals surface area contributed by atoms with E-state index >= 15 is 0 Å². The number of halogens is 8. The summed E-state index contributed by atoms with van der Waals surface area (Å²) in [7, 11) is -11.8. The Morgan fingerprint density at radius 2 is 0.699 bits per heavy atom. The van der Waals surface area contributed by atoms with E-state index < -0.39 is 30.1 Å². The Kier molecular flexibility index (Phi) is 27.4. The highest BCUT2D eigenvalue weighted by Gasteiger charge is 2.36. The van der Waals surface area contributed by atoms with Gasteiger partial charge in [0.05, 0.1) is 34.9 Å². The molecule has 0 atom stereocenters. The summed E-state index contributed by atoms with van der Waals surface area (Å²) >= 11 is 47.2. The van der Waals surface area contributed by atoms with Crippen molar-refractivity contribution >= 4 is 135 Å². The fourth-order valence-electron chi connectivity index (χ4n) is 9.54. The molecule has 22 nitrogen and oxygen atoms in total. The van der Waals surface area contributed by atoms with E-state index in [1.807, 2.05) is 18.2 Å². The summed E-state index contributed by atoms with van der Waals surface area (Å²) in [6.45, 7) is 2.12. The number of hydrogen-bond acceptors (Lipinski definition) is 15. The fourth-order valence-corrected chi connectivity index (χ4v) is 16.1. The first-order valence-corrected chi connectivity index (χ1v) is 35.9. The highest BCUT2D eigenvalue weighted by Crippen LogP contribution is 2.39. The molecule has 6 aromatic carbocycles. The normalized spacial score (nSPS) is 15.3. The average Bonchev–Trinajstić information content (AvgIpc) is 0.852. The number of carbonyl (C=O) groups is 2. The van der Waals surface area contributed by atoms with Crippen molar-refractivity contribution in [1.82, 2.24) is 34.2 Å². The van der Waals surface area contributed by atoms with Crippen molar-refractivity contribution in [3.8, 4) is 52.7 Å². The third-order valence-electron chi connectivity index (χ3n) is 14.1. The zero-order valence-corrected chi connectivity index (χ0v) is 57.4. The lowest BCUT2D eigenvalue weighted by Gasteiger charge is -2.32. The lowest BCUT2D eigenvalue weighted by Crippen LogP contribution is -2.49. The van der Waals surface area contributed by atoms with Gasteiger partial charge in [-0.15, -0.1) is 23.2 Å². The number of piperidine rings is 3. The van der Waals surface area contributed by atoms with Crippen molar-refractivity contribution in [2.45, 2.75) is 71.3 Å². The van der Waals surface area contributed by atoms with Crippen LogP contribution in [0.1, 0.15) is 55.2 Å². The monoisotopic (exact) mass is 1490 g/mol. The molecule has 0 aromatic heterocycles. The van der Waals surface area contributed by atoms with Gasteiger partial charge >= 0.3 is 12.1 Å². The van der Waals surface area contributed by atoms with E-state index in [4.69, 9.17) is 113 Å². The number of benzene rings is 6. The number of alkyl halides is 2. The van der Waals surface area contributed by atoms with Gasteiger partial charge < -0.3 is 41.2 Å². The average molecular weight is 1490 g/mol. The molecule has 3 fully saturated rings. The van der Waals surface area contributed by atoms with Crippen molar-refractivity contribution in [2.75, 3.05) is 64.1 Å². The minimum absolute atomic E-state index is 0.00813. The molecule has 93 heavy (non-hydrogen) atoms. The molecule has 0 radical (unpaired) electrons. The molecule has 3 heterocycles. The van der Waals surface area contributed by atoms with Crippen LogP contribution in [-0.4, -0.2) is 132 Å². The van der Waals surface area contributed by atoms with Gasteiger partial charge in [-0.05, 0) is 148 Å². The summed E-state index contributed by atoms with van der Waals surface area (Å²) in [5.74, 6) is 1.63. The van der Waals surface area contributed by atoms with Crippen LogP contribution in [-0.2, 0) is 30.1 Å². The Labute approximate surface area is 579 Å².